The smallest absolute Gasteiger partial charge is 0.275 e. The summed E-state index contributed by atoms with van der Waals surface area (Å²) in [5, 5.41) is 2.37. The van der Waals surface area contributed by atoms with Crippen molar-refractivity contribution in [3.8, 4) is 5.69 Å². The summed E-state index contributed by atoms with van der Waals surface area (Å²) in [6, 6.07) is 8.77. The van der Waals surface area contributed by atoms with E-state index in [1.54, 1.807) is 30.3 Å². The van der Waals surface area contributed by atoms with Gasteiger partial charge in [0.15, 0.2) is 23.3 Å². The number of H-pyrrole nitrogens is 1. The van der Waals surface area contributed by atoms with Gasteiger partial charge in [-0.15, -0.1) is 0 Å². The fraction of sp³-hybridized carbons (Fsp3) is 0.118. The molecule has 1 heterocycles. The molecule has 1 aromatic heterocycles. The SMILES string of the molecule is Cc1[nH]n(-c2c(F)c(F)c(F)c(F)c2F)c(=O)c1Cc1ccccc1. The van der Waals surface area contributed by atoms with Gasteiger partial charge in [0, 0.05) is 17.7 Å². The van der Waals surface area contributed by atoms with Gasteiger partial charge >= 0.3 is 0 Å². The number of halogens is 5. The lowest BCUT2D eigenvalue weighted by atomic mass is 10.1. The Morgan fingerprint density at radius 1 is 0.880 bits per heavy atom. The van der Waals surface area contributed by atoms with E-state index in [1.807, 2.05) is 0 Å². The average molecular weight is 354 g/mol. The molecule has 0 aliphatic heterocycles. The van der Waals surface area contributed by atoms with Gasteiger partial charge in [-0.05, 0) is 12.5 Å². The zero-order valence-electron chi connectivity index (χ0n) is 12.8. The van der Waals surface area contributed by atoms with Crippen molar-refractivity contribution in [2.45, 2.75) is 13.3 Å². The molecule has 3 rings (SSSR count). The molecule has 130 valence electrons. The van der Waals surface area contributed by atoms with Crippen LogP contribution in [0.3, 0.4) is 0 Å². The predicted octanol–water partition coefficient (Wildman–Crippen LogP) is 3.76. The van der Waals surface area contributed by atoms with Crippen LogP contribution in [0, 0.1) is 36.0 Å². The van der Waals surface area contributed by atoms with Crippen molar-refractivity contribution in [1.82, 2.24) is 9.78 Å². The standard InChI is InChI=1S/C17H11F5N2O/c1-8-10(7-9-5-3-2-4-6-9)17(25)24(23-8)16-14(21)12(19)11(18)13(20)15(16)22/h2-6,23H,7H2,1H3. The number of benzene rings is 2. The second kappa shape index (κ2) is 6.19. The maximum Gasteiger partial charge on any atom is 0.275 e. The highest BCUT2D eigenvalue weighted by Crippen LogP contribution is 2.25. The maximum atomic E-state index is 13.9. The molecule has 25 heavy (non-hydrogen) atoms. The van der Waals surface area contributed by atoms with Crippen molar-refractivity contribution in [1.29, 1.82) is 0 Å². The summed E-state index contributed by atoms with van der Waals surface area (Å²) in [5.41, 5.74) is -1.03. The molecular weight excluding hydrogens is 343 g/mol. The largest absolute Gasteiger partial charge is 0.295 e. The molecular formula is C17H11F5N2O. The Kier molecular flexibility index (Phi) is 4.20. The van der Waals surface area contributed by atoms with Gasteiger partial charge < -0.3 is 0 Å². The Morgan fingerprint density at radius 3 is 1.96 bits per heavy atom. The van der Waals surface area contributed by atoms with Crippen LogP contribution in [0.25, 0.3) is 5.69 Å². The number of hydrogen-bond donors (Lipinski definition) is 1. The monoisotopic (exact) mass is 354 g/mol. The molecule has 3 aromatic rings. The number of aromatic nitrogens is 2. The number of aromatic amines is 1. The van der Waals surface area contributed by atoms with E-state index in [4.69, 9.17) is 0 Å². The fourth-order valence-corrected chi connectivity index (χ4v) is 2.54. The lowest BCUT2D eigenvalue weighted by Crippen LogP contribution is -2.22. The zero-order chi connectivity index (χ0) is 18.3. The lowest BCUT2D eigenvalue weighted by Gasteiger charge is -2.08. The van der Waals surface area contributed by atoms with Crippen LogP contribution >= 0.6 is 0 Å². The third kappa shape index (κ3) is 2.73. The number of nitrogens with zero attached hydrogens (tertiary/aromatic N) is 1. The first-order chi connectivity index (χ1) is 11.8. The summed E-state index contributed by atoms with van der Waals surface area (Å²) in [6.45, 7) is 1.47. The molecule has 2 aromatic carbocycles. The van der Waals surface area contributed by atoms with Gasteiger partial charge in [0.1, 0.15) is 5.69 Å². The summed E-state index contributed by atoms with van der Waals surface area (Å²) in [6.07, 6.45) is 0.143. The van der Waals surface area contributed by atoms with Gasteiger partial charge in [0.05, 0.1) is 0 Å². The van der Waals surface area contributed by atoms with Crippen LogP contribution in [0.15, 0.2) is 35.1 Å². The minimum atomic E-state index is -2.28. The van der Waals surface area contributed by atoms with E-state index in [1.165, 1.54) is 6.92 Å². The molecule has 0 aliphatic rings. The Hall–Kier alpha value is -2.90. The molecule has 0 saturated heterocycles. The molecule has 0 atom stereocenters. The van der Waals surface area contributed by atoms with E-state index in [0.29, 0.717) is 4.68 Å². The highest BCUT2D eigenvalue weighted by atomic mass is 19.2. The third-order valence-electron chi connectivity index (χ3n) is 3.83. The maximum absolute atomic E-state index is 13.9. The van der Waals surface area contributed by atoms with Crippen molar-refractivity contribution >= 4 is 0 Å². The van der Waals surface area contributed by atoms with Gasteiger partial charge in [-0.25, -0.2) is 26.6 Å². The van der Waals surface area contributed by atoms with Crippen LogP contribution in [0.2, 0.25) is 0 Å². The van der Waals surface area contributed by atoms with Crippen LogP contribution in [0.5, 0.6) is 0 Å². The average Bonchev–Trinajstić information content (AvgIpc) is 2.87. The predicted molar refractivity (Wildman–Crippen MR) is 80.2 cm³/mol. The van der Waals surface area contributed by atoms with Crippen molar-refractivity contribution in [3.63, 3.8) is 0 Å². The molecule has 0 radical (unpaired) electrons. The fourth-order valence-electron chi connectivity index (χ4n) is 2.54. The van der Waals surface area contributed by atoms with Gasteiger partial charge in [0.2, 0.25) is 5.82 Å². The van der Waals surface area contributed by atoms with Crippen LogP contribution < -0.4 is 5.56 Å². The Morgan fingerprint density at radius 2 is 1.40 bits per heavy atom. The molecule has 3 nitrogen and oxygen atoms in total. The molecule has 0 amide bonds. The minimum Gasteiger partial charge on any atom is -0.295 e. The molecule has 0 bridgehead atoms. The second-order valence-electron chi connectivity index (χ2n) is 5.44. The molecule has 1 N–H and O–H groups in total. The van der Waals surface area contributed by atoms with Crippen molar-refractivity contribution in [2.24, 2.45) is 0 Å². The molecule has 0 aliphatic carbocycles. The van der Waals surface area contributed by atoms with E-state index in [0.717, 1.165) is 5.56 Å². The summed E-state index contributed by atoms with van der Waals surface area (Å²) in [7, 11) is 0. The van der Waals surface area contributed by atoms with E-state index >= 15 is 0 Å². The second-order valence-corrected chi connectivity index (χ2v) is 5.44. The van der Waals surface area contributed by atoms with Crippen molar-refractivity contribution in [3.05, 3.63) is 86.6 Å². The van der Waals surface area contributed by atoms with Crippen LogP contribution in [0.1, 0.15) is 16.8 Å². The molecule has 0 unspecified atom stereocenters. The molecule has 0 fully saturated rings. The normalized spacial score (nSPS) is 11.1. The number of hydrogen-bond acceptors (Lipinski definition) is 1. The molecule has 0 saturated carbocycles. The summed E-state index contributed by atoms with van der Waals surface area (Å²) < 4.78 is 68.1. The molecule has 0 spiro atoms. The van der Waals surface area contributed by atoms with Crippen LogP contribution in [-0.4, -0.2) is 9.78 Å². The molecule has 8 heteroatoms. The Bertz CT molecular complexity index is 979. The van der Waals surface area contributed by atoms with Gasteiger partial charge in [-0.3, -0.25) is 9.89 Å². The van der Waals surface area contributed by atoms with E-state index in [9.17, 15) is 26.7 Å². The Balaban J connectivity index is 2.19. The first-order valence-corrected chi connectivity index (χ1v) is 7.19. The number of aryl methyl sites for hydroxylation is 1. The van der Waals surface area contributed by atoms with Gasteiger partial charge in [-0.2, -0.15) is 0 Å². The third-order valence-corrected chi connectivity index (χ3v) is 3.83. The first kappa shape index (κ1) is 16.9. The highest BCUT2D eigenvalue weighted by Gasteiger charge is 2.29. The van der Waals surface area contributed by atoms with Crippen LogP contribution in [-0.2, 0) is 6.42 Å². The quantitative estimate of drug-likeness (QED) is 0.434. The van der Waals surface area contributed by atoms with Gasteiger partial charge in [-0.1, -0.05) is 30.3 Å². The Labute approximate surface area is 138 Å². The minimum absolute atomic E-state index is 0.143. The van der Waals surface area contributed by atoms with E-state index in [2.05, 4.69) is 5.10 Å². The van der Waals surface area contributed by atoms with Crippen LogP contribution in [0.4, 0.5) is 22.0 Å². The van der Waals surface area contributed by atoms with E-state index < -0.39 is 40.3 Å². The number of rotatable bonds is 3. The zero-order valence-corrected chi connectivity index (χ0v) is 12.8. The summed E-state index contributed by atoms with van der Waals surface area (Å²) >= 11 is 0. The lowest BCUT2D eigenvalue weighted by molar-refractivity contribution is 0.373. The summed E-state index contributed by atoms with van der Waals surface area (Å²) in [5.74, 6) is -10.7. The number of nitrogens with one attached hydrogen (secondary N) is 1. The van der Waals surface area contributed by atoms with Crippen molar-refractivity contribution in [2.75, 3.05) is 0 Å². The van der Waals surface area contributed by atoms with Gasteiger partial charge in [0.25, 0.3) is 5.56 Å². The first-order valence-electron chi connectivity index (χ1n) is 7.19. The van der Waals surface area contributed by atoms with Crippen molar-refractivity contribution < 1.29 is 22.0 Å². The summed E-state index contributed by atoms with van der Waals surface area (Å²) in [4.78, 5) is 12.5. The van der Waals surface area contributed by atoms with E-state index in [-0.39, 0.29) is 17.7 Å². The topological polar surface area (TPSA) is 37.8 Å². The highest BCUT2D eigenvalue weighted by molar-refractivity contribution is 5.39.